The Labute approximate surface area is 96.8 Å². The predicted octanol–water partition coefficient (Wildman–Crippen LogP) is 2.07. The first-order chi connectivity index (χ1) is 7.79. The molecule has 0 amide bonds. The van der Waals surface area contributed by atoms with E-state index in [0.717, 1.165) is 13.0 Å². The van der Waals surface area contributed by atoms with E-state index >= 15 is 0 Å². The number of hydrogen-bond donors (Lipinski definition) is 1. The summed E-state index contributed by atoms with van der Waals surface area (Å²) in [5.41, 5.74) is 2.57. The lowest BCUT2D eigenvalue weighted by atomic mass is 10.0. The number of benzene rings is 1. The van der Waals surface area contributed by atoms with Crippen molar-refractivity contribution in [3.05, 3.63) is 29.8 Å². The van der Waals surface area contributed by atoms with Crippen LogP contribution in [-0.2, 0) is 15.9 Å². The average Bonchev–Trinajstić information content (AvgIpc) is 2.35. The predicted molar refractivity (Wildman–Crippen MR) is 64.8 cm³/mol. The molecule has 1 aliphatic heterocycles. The van der Waals surface area contributed by atoms with Gasteiger partial charge in [0, 0.05) is 25.8 Å². The maximum Gasteiger partial charge on any atom is 0.0789 e. The van der Waals surface area contributed by atoms with Crippen LogP contribution in [0.25, 0.3) is 0 Å². The molecule has 0 spiro atoms. The molecule has 0 saturated carbocycles. The summed E-state index contributed by atoms with van der Waals surface area (Å²) < 4.78 is 11.0. The lowest BCUT2D eigenvalue weighted by Gasteiger charge is -2.27. The second-order valence-electron chi connectivity index (χ2n) is 4.24. The van der Waals surface area contributed by atoms with E-state index in [-0.39, 0.29) is 12.2 Å². The van der Waals surface area contributed by atoms with E-state index in [4.69, 9.17) is 9.47 Å². The van der Waals surface area contributed by atoms with Gasteiger partial charge < -0.3 is 14.8 Å². The van der Waals surface area contributed by atoms with Crippen molar-refractivity contribution in [2.75, 3.05) is 25.6 Å². The molecule has 16 heavy (non-hydrogen) atoms. The Morgan fingerprint density at radius 2 is 2.25 bits per heavy atom. The highest BCUT2D eigenvalue weighted by Gasteiger charge is 2.18. The highest BCUT2D eigenvalue weighted by atomic mass is 16.5. The van der Waals surface area contributed by atoms with Crippen molar-refractivity contribution in [3.63, 3.8) is 0 Å². The number of methoxy groups -OCH3 is 1. The Balaban J connectivity index is 1.88. The van der Waals surface area contributed by atoms with Crippen molar-refractivity contribution in [2.45, 2.75) is 25.6 Å². The molecule has 2 atom stereocenters. The highest BCUT2D eigenvalue weighted by molar-refractivity contribution is 5.53. The van der Waals surface area contributed by atoms with Crippen LogP contribution < -0.4 is 5.32 Å². The Bertz CT molecular complexity index is 340. The lowest BCUT2D eigenvalue weighted by molar-refractivity contribution is -0.0157. The van der Waals surface area contributed by atoms with Gasteiger partial charge >= 0.3 is 0 Å². The lowest BCUT2D eigenvalue weighted by Crippen LogP contribution is -2.32. The van der Waals surface area contributed by atoms with Crippen molar-refractivity contribution in [1.29, 1.82) is 0 Å². The normalized spacial score (nSPS) is 21.0. The first-order valence-electron chi connectivity index (χ1n) is 5.75. The minimum atomic E-state index is 0.164. The summed E-state index contributed by atoms with van der Waals surface area (Å²) in [5, 5.41) is 3.39. The van der Waals surface area contributed by atoms with E-state index in [1.54, 1.807) is 7.11 Å². The molecular formula is C13H19NO2. The quantitative estimate of drug-likeness (QED) is 0.844. The van der Waals surface area contributed by atoms with Crippen LogP contribution in [0, 0.1) is 0 Å². The van der Waals surface area contributed by atoms with E-state index in [1.165, 1.54) is 11.3 Å². The second-order valence-corrected chi connectivity index (χ2v) is 4.24. The maximum absolute atomic E-state index is 5.80. The summed E-state index contributed by atoms with van der Waals surface area (Å²) in [6.45, 7) is 3.56. The molecule has 1 aromatic carbocycles. The second kappa shape index (κ2) is 5.32. The van der Waals surface area contributed by atoms with Gasteiger partial charge in [0.15, 0.2) is 0 Å². The van der Waals surface area contributed by atoms with Crippen LogP contribution in [0.2, 0.25) is 0 Å². The maximum atomic E-state index is 5.80. The van der Waals surface area contributed by atoms with Gasteiger partial charge in [0.25, 0.3) is 0 Å². The number of fused-ring (bicyclic) bond motifs is 1. The third-order valence-electron chi connectivity index (χ3n) is 2.95. The smallest absolute Gasteiger partial charge is 0.0789 e. The average molecular weight is 221 g/mol. The van der Waals surface area contributed by atoms with Crippen molar-refractivity contribution in [1.82, 2.24) is 0 Å². The fraction of sp³-hybridized carbons (Fsp3) is 0.538. The number of hydrogen-bond acceptors (Lipinski definition) is 3. The van der Waals surface area contributed by atoms with Crippen LogP contribution >= 0.6 is 0 Å². The number of ether oxygens (including phenoxy) is 2. The molecule has 0 saturated heterocycles. The summed E-state index contributed by atoms with van der Waals surface area (Å²) in [6.07, 6.45) is 1.41. The molecule has 2 unspecified atom stereocenters. The fourth-order valence-corrected chi connectivity index (χ4v) is 1.87. The van der Waals surface area contributed by atoms with E-state index in [2.05, 4.69) is 29.6 Å². The van der Waals surface area contributed by atoms with E-state index in [1.807, 2.05) is 6.92 Å². The van der Waals surface area contributed by atoms with Crippen LogP contribution in [0.4, 0.5) is 5.69 Å². The number of anilines is 1. The van der Waals surface area contributed by atoms with Crippen LogP contribution in [0.5, 0.6) is 0 Å². The summed E-state index contributed by atoms with van der Waals surface area (Å²) in [7, 11) is 1.71. The number of nitrogens with one attached hydrogen (secondary N) is 1. The number of rotatable bonds is 4. The molecule has 0 fully saturated rings. The molecule has 1 aromatic rings. The summed E-state index contributed by atoms with van der Waals surface area (Å²) in [6, 6.07) is 8.39. The van der Waals surface area contributed by atoms with Crippen LogP contribution in [-0.4, -0.2) is 32.5 Å². The van der Waals surface area contributed by atoms with Crippen molar-refractivity contribution in [2.24, 2.45) is 0 Å². The zero-order chi connectivity index (χ0) is 11.4. The molecule has 1 heterocycles. The van der Waals surface area contributed by atoms with Crippen molar-refractivity contribution in [3.8, 4) is 0 Å². The first-order valence-corrected chi connectivity index (χ1v) is 5.75. The first kappa shape index (κ1) is 11.4. The van der Waals surface area contributed by atoms with Gasteiger partial charge in [-0.2, -0.15) is 0 Å². The van der Waals surface area contributed by atoms with Crippen LogP contribution in [0.3, 0.4) is 0 Å². The van der Waals surface area contributed by atoms with E-state index < -0.39 is 0 Å². The molecule has 3 heteroatoms. The minimum Gasteiger partial charge on any atom is -0.382 e. The zero-order valence-electron chi connectivity index (χ0n) is 9.90. The van der Waals surface area contributed by atoms with Gasteiger partial charge in [-0.15, -0.1) is 0 Å². The largest absolute Gasteiger partial charge is 0.382 e. The van der Waals surface area contributed by atoms with Gasteiger partial charge in [-0.1, -0.05) is 18.2 Å². The molecule has 0 bridgehead atoms. The van der Waals surface area contributed by atoms with Crippen LogP contribution in [0.1, 0.15) is 12.5 Å². The van der Waals surface area contributed by atoms with Gasteiger partial charge in [0.2, 0.25) is 0 Å². The van der Waals surface area contributed by atoms with E-state index in [0.29, 0.717) is 6.61 Å². The molecular weight excluding hydrogens is 202 g/mol. The molecule has 0 aliphatic carbocycles. The summed E-state index contributed by atoms with van der Waals surface area (Å²) in [5.74, 6) is 0. The van der Waals surface area contributed by atoms with Gasteiger partial charge in [-0.3, -0.25) is 0 Å². The topological polar surface area (TPSA) is 30.5 Å². The third kappa shape index (κ3) is 2.74. The van der Waals surface area contributed by atoms with Gasteiger partial charge in [-0.25, -0.2) is 0 Å². The summed E-state index contributed by atoms with van der Waals surface area (Å²) in [4.78, 5) is 0. The van der Waals surface area contributed by atoms with Crippen LogP contribution in [0.15, 0.2) is 24.3 Å². The van der Waals surface area contributed by atoms with Gasteiger partial charge in [-0.05, 0) is 18.6 Å². The Hall–Kier alpha value is -1.06. The van der Waals surface area contributed by atoms with Crippen molar-refractivity contribution >= 4 is 5.69 Å². The molecule has 0 aromatic heterocycles. The Morgan fingerprint density at radius 3 is 3.06 bits per heavy atom. The van der Waals surface area contributed by atoms with Crippen molar-refractivity contribution < 1.29 is 9.47 Å². The molecule has 0 radical (unpaired) electrons. The molecule has 1 aliphatic rings. The standard InChI is InChI=1S/C13H19NO2/c1-10(15-2)9-16-12-7-11-5-3-4-6-13(11)14-8-12/h3-6,10,12,14H,7-9H2,1-2H3. The Morgan fingerprint density at radius 1 is 1.44 bits per heavy atom. The van der Waals surface area contributed by atoms with Gasteiger partial charge in [0.1, 0.15) is 0 Å². The zero-order valence-corrected chi connectivity index (χ0v) is 9.90. The Kier molecular flexibility index (Phi) is 3.80. The molecule has 88 valence electrons. The van der Waals surface area contributed by atoms with E-state index in [9.17, 15) is 0 Å². The summed E-state index contributed by atoms with van der Waals surface area (Å²) >= 11 is 0. The monoisotopic (exact) mass is 221 g/mol. The number of para-hydroxylation sites is 1. The molecule has 1 N–H and O–H groups in total. The fourth-order valence-electron chi connectivity index (χ4n) is 1.87. The third-order valence-corrected chi connectivity index (χ3v) is 2.95. The SMILES string of the molecule is COC(C)COC1CNc2ccccc2C1. The molecule has 3 nitrogen and oxygen atoms in total. The van der Waals surface area contributed by atoms with Gasteiger partial charge in [0.05, 0.1) is 18.8 Å². The molecule has 2 rings (SSSR count). The minimum absolute atomic E-state index is 0.164. The highest BCUT2D eigenvalue weighted by Crippen LogP contribution is 2.22.